The Labute approximate surface area is 190 Å². The minimum absolute atomic E-state index is 0.108. The molecule has 0 saturated heterocycles. The Morgan fingerprint density at radius 1 is 1.09 bits per heavy atom. The summed E-state index contributed by atoms with van der Waals surface area (Å²) in [4.78, 5) is 22.2. The quantitative estimate of drug-likeness (QED) is 0.439. The first-order chi connectivity index (χ1) is 16.0. The molecule has 0 spiro atoms. The second kappa shape index (κ2) is 8.23. The number of aryl methyl sites for hydroxylation is 1. The lowest BCUT2D eigenvalue weighted by Gasteiger charge is -2.28. The van der Waals surface area contributed by atoms with Gasteiger partial charge in [-0.3, -0.25) is 9.78 Å². The first-order valence-electron chi connectivity index (χ1n) is 10.5. The van der Waals surface area contributed by atoms with Crippen molar-refractivity contribution in [1.82, 2.24) is 19.7 Å². The number of benzene rings is 2. The summed E-state index contributed by atoms with van der Waals surface area (Å²) < 4.78 is 1.69. The van der Waals surface area contributed by atoms with Crippen molar-refractivity contribution in [3.8, 4) is 17.1 Å². The summed E-state index contributed by atoms with van der Waals surface area (Å²) >= 11 is 0. The van der Waals surface area contributed by atoms with Gasteiger partial charge in [-0.05, 0) is 43.7 Å². The van der Waals surface area contributed by atoms with Crippen molar-refractivity contribution in [1.29, 1.82) is 0 Å². The Bertz CT molecular complexity index is 1360. The smallest absolute Gasteiger partial charge is 0.255 e. The molecule has 1 amide bonds. The van der Waals surface area contributed by atoms with Crippen molar-refractivity contribution < 1.29 is 9.90 Å². The SMILES string of the molecule is CC1=C(C(=O)Nc2cccnc2)C(c2cccc(O)c2)n2nc(-c3ccc(C)cc3)nc2N1. The van der Waals surface area contributed by atoms with E-state index in [1.54, 1.807) is 47.4 Å². The standard InChI is InChI=1S/C25H22N6O2/c1-15-8-10-17(11-9-15)23-29-25-27-16(2)21(24(33)28-19-6-4-12-26-14-19)22(31(25)30-23)18-5-3-7-20(32)13-18/h3-14,22,32H,1-2H3,(H,28,33)(H,27,29,30). The van der Waals surface area contributed by atoms with Crippen LogP contribution in [0.25, 0.3) is 11.4 Å². The monoisotopic (exact) mass is 438 g/mol. The molecule has 4 aromatic rings. The fourth-order valence-corrected chi connectivity index (χ4v) is 3.91. The van der Waals surface area contributed by atoms with Gasteiger partial charge < -0.3 is 15.7 Å². The molecule has 0 fully saturated rings. The van der Waals surface area contributed by atoms with E-state index in [0.717, 1.165) is 11.1 Å². The molecule has 164 valence electrons. The van der Waals surface area contributed by atoms with E-state index in [9.17, 15) is 9.90 Å². The second-order valence-corrected chi connectivity index (χ2v) is 7.93. The number of phenolic OH excluding ortho intramolecular Hbond substituents is 1. The average molecular weight is 438 g/mol. The van der Waals surface area contributed by atoms with Gasteiger partial charge in [0.05, 0.1) is 17.5 Å². The highest BCUT2D eigenvalue weighted by molar-refractivity contribution is 6.06. The molecule has 1 atom stereocenters. The van der Waals surface area contributed by atoms with Crippen LogP contribution < -0.4 is 10.6 Å². The van der Waals surface area contributed by atoms with Crippen molar-refractivity contribution in [2.75, 3.05) is 10.6 Å². The molecular weight excluding hydrogens is 416 g/mol. The Morgan fingerprint density at radius 3 is 2.64 bits per heavy atom. The fraction of sp³-hybridized carbons (Fsp3) is 0.120. The summed E-state index contributed by atoms with van der Waals surface area (Å²) in [6, 6.07) is 17.7. The van der Waals surface area contributed by atoms with Crippen LogP contribution in [0.3, 0.4) is 0 Å². The minimum Gasteiger partial charge on any atom is -0.508 e. The van der Waals surface area contributed by atoms with E-state index in [2.05, 4.69) is 20.6 Å². The zero-order valence-electron chi connectivity index (χ0n) is 18.1. The number of anilines is 2. The van der Waals surface area contributed by atoms with Gasteiger partial charge in [0, 0.05) is 17.5 Å². The Morgan fingerprint density at radius 2 is 1.91 bits per heavy atom. The maximum absolute atomic E-state index is 13.4. The zero-order chi connectivity index (χ0) is 22.9. The molecule has 2 aromatic carbocycles. The molecule has 0 saturated carbocycles. The van der Waals surface area contributed by atoms with E-state index in [4.69, 9.17) is 5.10 Å². The van der Waals surface area contributed by atoms with Gasteiger partial charge in [0.25, 0.3) is 5.91 Å². The molecule has 3 N–H and O–H groups in total. The average Bonchev–Trinajstić information content (AvgIpc) is 3.22. The van der Waals surface area contributed by atoms with Crippen LogP contribution in [0.4, 0.5) is 11.6 Å². The van der Waals surface area contributed by atoms with Crippen LogP contribution in [0.5, 0.6) is 5.75 Å². The number of pyridine rings is 1. The summed E-state index contributed by atoms with van der Waals surface area (Å²) in [5.74, 6) is 0.884. The Kier molecular flexibility index (Phi) is 5.10. The number of hydrogen-bond donors (Lipinski definition) is 3. The van der Waals surface area contributed by atoms with E-state index in [0.29, 0.717) is 34.3 Å². The molecule has 0 radical (unpaired) electrons. The molecule has 5 rings (SSSR count). The minimum atomic E-state index is -0.586. The number of hydrogen-bond acceptors (Lipinski definition) is 6. The van der Waals surface area contributed by atoms with E-state index in [1.807, 2.05) is 44.2 Å². The molecule has 1 aliphatic rings. The van der Waals surface area contributed by atoms with Crippen molar-refractivity contribution in [2.24, 2.45) is 0 Å². The third-order valence-corrected chi connectivity index (χ3v) is 5.51. The lowest BCUT2D eigenvalue weighted by Crippen LogP contribution is -2.31. The highest BCUT2D eigenvalue weighted by atomic mass is 16.3. The number of fused-ring (bicyclic) bond motifs is 1. The number of carbonyl (C=O) groups excluding carboxylic acids is 1. The van der Waals surface area contributed by atoms with Crippen LogP contribution in [0.2, 0.25) is 0 Å². The molecule has 0 aliphatic carbocycles. The molecule has 8 heteroatoms. The van der Waals surface area contributed by atoms with E-state index in [-0.39, 0.29) is 11.7 Å². The summed E-state index contributed by atoms with van der Waals surface area (Å²) in [7, 11) is 0. The van der Waals surface area contributed by atoms with E-state index >= 15 is 0 Å². The van der Waals surface area contributed by atoms with Gasteiger partial charge in [0.1, 0.15) is 11.8 Å². The maximum Gasteiger partial charge on any atom is 0.255 e. The van der Waals surface area contributed by atoms with Gasteiger partial charge >= 0.3 is 0 Å². The van der Waals surface area contributed by atoms with Crippen LogP contribution in [-0.2, 0) is 4.79 Å². The zero-order valence-corrected chi connectivity index (χ0v) is 18.1. The molecule has 2 aromatic heterocycles. The number of phenols is 1. The second-order valence-electron chi connectivity index (χ2n) is 7.93. The van der Waals surface area contributed by atoms with Gasteiger partial charge in [0.2, 0.25) is 5.95 Å². The van der Waals surface area contributed by atoms with E-state index < -0.39 is 6.04 Å². The largest absolute Gasteiger partial charge is 0.508 e. The molecule has 33 heavy (non-hydrogen) atoms. The van der Waals surface area contributed by atoms with Crippen LogP contribution in [0, 0.1) is 6.92 Å². The number of aromatic hydroxyl groups is 1. The number of rotatable bonds is 4. The van der Waals surface area contributed by atoms with Crippen LogP contribution >= 0.6 is 0 Å². The van der Waals surface area contributed by atoms with Crippen molar-refractivity contribution in [3.05, 3.63) is 95.5 Å². The normalized spacial score (nSPS) is 15.0. The van der Waals surface area contributed by atoms with Crippen LogP contribution in [0.1, 0.15) is 24.1 Å². The van der Waals surface area contributed by atoms with E-state index in [1.165, 1.54) is 0 Å². The van der Waals surface area contributed by atoms with Crippen molar-refractivity contribution in [3.63, 3.8) is 0 Å². The van der Waals surface area contributed by atoms with Crippen LogP contribution in [-0.4, -0.2) is 30.8 Å². The summed E-state index contributed by atoms with van der Waals surface area (Å²) in [5, 5.41) is 21.0. The number of aromatic nitrogens is 4. The molecule has 8 nitrogen and oxygen atoms in total. The van der Waals surface area contributed by atoms with Gasteiger partial charge in [-0.2, -0.15) is 4.98 Å². The molecule has 0 bridgehead atoms. The van der Waals surface area contributed by atoms with Crippen molar-refractivity contribution in [2.45, 2.75) is 19.9 Å². The lowest BCUT2D eigenvalue weighted by molar-refractivity contribution is -0.113. The predicted octanol–water partition coefficient (Wildman–Crippen LogP) is 4.28. The predicted molar refractivity (Wildman–Crippen MR) is 126 cm³/mol. The topological polar surface area (TPSA) is 105 Å². The van der Waals surface area contributed by atoms with Crippen molar-refractivity contribution >= 4 is 17.5 Å². The summed E-state index contributed by atoms with van der Waals surface area (Å²) in [6.07, 6.45) is 3.23. The molecule has 1 unspecified atom stereocenters. The molecule has 3 heterocycles. The first-order valence-corrected chi connectivity index (χ1v) is 10.5. The van der Waals surface area contributed by atoms with Gasteiger partial charge in [0.15, 0.2) is 5.82 Å². The first kappa shape index (κ1) is 20.4. The van der Waals surface area contributed by atoms with Gasteiger partial charge in [-0.25, -0.2) is 4.68 Å². The number of amides is 1. The van der Waals surface area contributed by atoms with Gasteiger partial charge in [-0.1, -0.05) is 42.0 Å². The lowest BCUT2D eigenvalue weighted by atomic mass is 9.95. The summed E-state index contributed by atoms with van der Waals surface area (Å²) in [5.41, 5.74) is 4.44. The number of nitrogens with zero attached hydrogens (tertiary/aromatic N) is 4. The third kappa shape index (κ3) is 3.94. The molecular formula is C25H22N6O2. The summed E-state index contributed by atoms with van der Waals surface area (Å²) in [6.45, 7) is 3.85. The Balaban J connectivity index is 1.61. The number of nitrogens with one attached hydrogen (secondary N) is 2. The maximum atomic E-state index is 13.4. The third-order valence-electron chi connectivity index (χ3n) is 5.51. The fourth-order valence-electron chi connectivity index (χ4n) is 3.91. The number of allylic oxidation sites excluding steroid dienone is 1. The highest BCUT2D eigenvalue weighted by Crippen LogP contribution is 2.37. The molecule has 1 aliphatic heterocycles. The highest BCUT2D eigenvalue weighted by Gasteiger charge is 2.34. The van der Waals surface area contributed by atoms with Gasteiger partial charge in [-0.15, -0.1) is 5.10 Å². The van der Waals surface area contributed by atoms with Crippen LogP contribution in [0.15, 0.2) is 84.3 Å². The number of carbonyl (C=O) groups is 1. The Hall–Kier alpha value is -4.46.